The van der Waals surface area contributed by atoms with E-state index in [1.54, 1.807) is 19.4 Å². The van der Waals surface area contributed by atoms with Gasteiger partial charge in [0.2, 0.25) is 0 Å². The van der Waals surface area contributed by atoms with Gasteiger partial charge in [-0.15, -0.1) is 0 Å². The van der Waals surface area contributed by atoms with Gasteiger partial charge in [-0.3, -0.25) is 0 Å². The standard InChI is InChI=1S/C19H17FN6O/c1-21-13-7-11(6-12(20)8-13)15-9-14-17-16(23-10-25(17)3)18(22-2)24-19(14)26(15)4-5-27/h6-10,27H,4-5H2,2-3H3,(H,22,24). The van der Waals surface area contributed by atoms with Gasteiger partial charge in [0.25, 0.3) is 0 Å². The predicted octanol–water partition coefficient (Wildman–Crippen LogP) is 3.31. The van der Waals surface area contributed by atoms with Gasteiger partial charge in [0.1, 0.15) is 17.0 Å². The van der Waals surface area contributed by atoms with E-state index in [1.807, 2.05) is 22.2 Å². The Morgan fingerprint density at radius 1 is 1.30 bits per heavy atom. The second-order valence-corrected chi connectivity index (χ2v) is 6.22. The number of benzene rings is 1. The number of aromatic nitrogens is 4. The normalized spacial score (nSPS) is 11.2. The van der Waals surface area contributed by atoms with Crippen LogP contribution in [0, 0.1) is 12.4 Å². The fraction of sp³-hybridized carbons (Fsp3) is 0.211. The number of hydrogen-bond donors (Lipinski definition) is 2. The smallest absolute Gasteiger partial charge is 0.190 e. The largest absolute Gasteiger partial charge is 0.395 e. The summed E-state index contributed by atoms with van der Waals surface area (Å²) in [5.74, 6) is 0.150. The highest BCUT2D eigenvalue weighted by Crippen LogP contribution is 2.35. The molecule has 4 rings (SSSR count). The minimum atomic E-state index is -0.478. The lowest BCUT2D eigenvalue weighted by Crippen LogP contribution is -2.06. The molecule has 3 aromatic heterocycles. The fourth-order valence-electron chi connectivity index (χ4n) is 3.44. The number of rotatable bonds is 4. The molecule has 0 saturated carbocycles. The van der Waals surface area contributed by atoms with Crippen LogP contribution in [0.2, 0.25) is 0 Å². The van der Waals surface area contributed by atoms with E-state index in [2.05, 4.69) is 20.1 Å². The molecule has 27 heavy (non-hydrogen) atoms. The van der Waals surface area contributed by atoms with Crippen molar-refractivity contribution >= 4 is 33.6 Å². The molecular formula is C19H17FN6O. The Bertz CT molecular complexity index is 1220. The molecule has 3 heterocycles. The summed E-state index contributed by atoms with van der Waals surface area (Å²) in [7, 11) is 3.67. The number of aryl methyl sites for hydroxylation is 1. The molecule has 0 amide bonds. The lowest BCUT2D eigenvalue weighted by atomic mass is 10.1. The molecule has 2 N–H and O–H groups in total. The highest BCUT2D eigenvalue weighted by atomic mass is 19.1. The van der Waals surface area contributed by atoms with Gasteiger partial charge in [-0.25, -0.2) is 19.2 Å². The molecule has 0 bridgehead atoms. The lowest BCUT2D eigenvalue weighted by Gasteiger charge is -2.10. The van der Waals surface area contributed by atoms with Crippen molar-refractivity contribution in [3.63, 3.8) is 0 Å². The van der Waals surface area contributed by atoms with Crippen molar-refractivity contribution in [1.82, 2.24) is 19.1 Å². The monoisotopic (exact) mass is 364 g/mol. The van der Waals surface area contributed by atoms with Crippen molar-refractivity contribution in [1.29, 1.82) is 0 Å². The van der Waals surface area contributed by atoms with E-state index in [1.165, 1.54) is 12.1 Å². The number of fused-ring (bicyclic) bond motifs is 3. The van der Waals surface area contributed by atoms with Crippen LogP contribution >= 0.6 is 0 Å². The summed E-state index contributed by atoms with van der Waals surface area (Å²) in [6.45, 7) is 7.39. The van der Waals surface area contributed by atoms with Crippen LogP contribution in [0.15, 0.2) is 30.6 Å². The summed E-state index contributed by atoms with van der Waals surface area (Å²) in [6.07, 6.45) is 1.72. The molecule has 8 heteroatoms. The van der Waals surface area contributed by atoms with Crippen molar-refractivity contribution in [2.45, 2.75) is 6.54 Å². The van der Waals surface area contributed by atoms with Gasteiger partial charge in [-0.1, -0.05) is 0 Å². The van der Waals surface area contributed by atoms with Gasteiger partial charge in [0, 0.05) is 31.7 Å². The Morgan fingerprint density at radius 2 is 2.11 bits per heavy atom. The molecule has 0 unspecified atom stereocenters. The molecule has 0 aliphatic rings. The second-order valence-electron chi connectivity index (χ2n) is 6.22. The molecule has 0 saturated heterocycles. The van der Waals surface area contributed by atoms with Gasteiger partial charge in [0.05, 0.1) is 25.0 Å². The topological polar surface area (TPSA) is 72.3 Å². The van der Waals surface area contributed by atoms with Crippen LogP contribution in [0.3, 0.4) is 0 Å². The van der Waals surface area contributed by atoms with Crippen LogP contribution in [0.4, 0.5) is 15.9 Å². The molecule has 1 aromatic carbocycles. The van der Waals surface area contributed by atoms with Crippen LogP contribution in [0.5, 0.6) is 0 Å². The van der Waals surface area contributed by atoms with Crippen LogP contribution in [-0.4, -0.2) is 37.9 Å². The number of pyridine rings is 1. The van der Waals surface area contributed by atoms with Crippen molar-refractivity contribution in [2.24, 2.45) is 7.05 Å². The number of nitrogens with zero attached hydrogens (tertiary/aromatic N) is 5. The lowest BCUT2D eigenvalue weighted by molar-refractivity contribution is 0.278. The van der Waals surface area contributed by atoms with Crippen molar-refractivity contribution in [2.75, 3.05) is 19.0 Å². The summed E-state index contributed by atoms with van der Waals surface area (Å²) >= 11 is 0. The van der Waals surface area contributed by atoms with E-state index in [0.717, 1.165) is 16.4 Å². The van der Waals surface area contributed by atoms with E-state index in [-0.39, 0.29) is 12.3 Å². The highest BCUT2D eigenvalue weighted by Gasteiger charge is 2.19. The molecule has 7 nitrogen and oxygen atoms in total. The van der Waals surface area contributed by atoms with Gasteiger partial charge in [0.15, 0.2) is 11.5 Å². The quantitative estimate of drug-likeness (QED) is 0.545. The third kappa shape index (κ3) is 2.60. The molecule has 0 spiro atoms. The van der Waals surface area contributed by atoms with Crippen molar-refractivity contribution < 1.29 is 9.50 Å². The second kappa shape index (κ2) is 6.37. The third-order valence-electron chi connectivity index (χ3n) is 4.57. The number of halogens is 1. The number of anilines is 1. The first-order valence-corrected chi connectivity index (χ1v) is 8.38. The summed E-state index contributed by atoms with van der Waals surface area (Å²) in [5, 5.41) is 13.5. The van der Waals surface area contributed by atoms with Crippen LogP contribution in [-0.2, 0) is 13.6 Å². The number of hydrogen-bond acceptors (Lipinski definition) is 4. The molecular weight excluding hydrogens is 347 g/mol. The summed E-state index contributed by atoms with van der Waals surface area (Å²) < 4.78 is 17.8. The summed E-state index contributed by atoms with van der Waals surface area (Å²) in [5.41, 5.74) is 3.76. The van der Waals surface area contributed by atoms with Gasteiger partial charge in [-0.2, -0.15) is 0 Å². The van der Waals surface area contributed by atoms with E-state index < -0.39 is 5.82 Å². The maximum absolute atomic E-state index is 14.0. The molecule has 4 aromatic rings. The highest BCUT2D eigenvalue weighted by molar-refractivity contribution is 6.07. The van der Waals surface area contributed by atoms with Crippen molar-refractivity contribution in [3.8, 4) is 11.3 Å². The van der Waals surface area contributed by atoms with Gasteiger partial charge >= 0.3 is 0 Å². The molecule has 0 aliphatic carbocycles. The maximum atomic E-state index is 14.0. The molecule has 0 aliphatic heterocycles. The number of imidazole rings is 1. The van der Waals surface area contributed by atoms with Crippen LogP contribution < -0.4 is 5.32 Å². The molecule has 0 fully saturated rings. The molecule has 0 atom stereocenters. The summed E-state index contributed by atoms with van der Waals surface area (Å²) in [6, 6.07) is 6.13. The zero-order valence-electron chi connectivity index (χ0n) is 14.9. The Kier molecular flexibility index (Phi) is 4.01. The average Bonchev–Trinajstić information content (AvgIpc) is 3.22. The Morgan fingerprint density at radius 3 is 2.81 bits per heavy atom. The first kappa shape index (κ1) is 17.0. The van der Waals surface area contributed by atoms with E-state index in [9.17, 15) is 9.50 Å². The number of aliphatic hydroxyl groups excluding tert-OH is 1. The average molecular weight is 364 g/mol. The van der Waals surface area contributed by atoms with Crippen LogP contribution in [0.25, 0.3) is 38.2 Å². The fourth-order valence-corrected chi connectivity index (χ4v) is 3.44. The van der Waals surface area contributed by atoms with Gasteiger partial charge < -0.3 is 19.6 Å². The third-order valence-corrected chi connectivity index (χ3v) is 4.57. The Hall–Kier alpha value is -3.44. The Balaban J connectivity index is 2.11. The molecule has 0 radical (unpaired) electrons. The number of aliphatic hydroxyl groups is 1. The summed E-state index contributed by atoms with van der Waals surface area (Å²) in [4.78, 5) is 12.4. The van der Waals surface area contributed by atoms with Gasteiger partial charge in [-0.05, 0) is 29.8 Å². The zero-order valence-corrected chi connectivity index (χ0v) is 14.9. The number of nitrogens with one attached hydrogen (secondary N) is 1. The van der Waals surface area contributed by atoms with Crippen molar-refractivity contribution in [3.05, 3.63) is 47.8 Å². The van der Waals surface area contributed by atoms with E-state index in [0.29, 0.717) is 29.3 Å². The van der Waals surface area contributed by atoms with Crippen LogP contribution in [0.1, 0.15) is 0 Å². The molecule has 136 valence electrons. The van der Waals surface area contributed by atoms with E-state index >= 15 is 0 Å². The first-order valence-electron chi connectivity index (χ1n) is 8.38. The Labute approximate surface area is 154 Å². The maximum Gasteiger partial charge on any atom is 0.190 e. The minimum Gasteiger partial charge on any atom is -0.395 e. The first-order chi connectivity index (χ1) is 13.1. The predicted molar refractivity (Wildman–Crippen MR) is 102 cm³/mol. The minimum absolute atomic E-state index is 0.0955. The SMILES string of the molecule is [C-]#[N+]c1cc(F)cc(-c2cc3c4c(ncn4C)c(NC)nc3n2CCO)c1. The zero-order chi connectivity index (χ0) is 19.1. The van der Waals surface area contributed by atoms with E-state index in [4.69, 9.17) is 6.57 Å².